The molecule has 0 aliphatic rings. The fourth-order valence-corrected chi connectivity index (χ4v) is 1.80. The van der Waals surface area contributed by atoms with Gasteiger partial charge in [-0.25, -0.2) is 4.79 Å². The van der Waals surface area contributed by atoms with Crippen LogP contribution in [0.15, 0.2) is 12.3 Å². The van der Waals surface area contributed by atoms with Crippen molar-refractivity contribution in [2.45, 2.75) is 39.2 Å². The van der Waals surface area contributed by atoms with E-state index in [2.05, 4.69) is 11.7 Å². The van der Waals surface area contributed by atoms with Gasteiger partial charge in [0.15, 0.2) is 6.29 Å². The minimum Gasteiger partial charge on any atom is -0.465 e. The van der Waals surface area contributed by atoms with E-state index in [0.717, 1.165) is 19.4 Å². The van der Waals surface area contributed by atoms with E-state index >= 15 is 0 Å². The van der Waals surface area contributed by atoms with Crippen LogP contribution in [-0.2, 0) is 11.3 Å². The molecule has 0 amide bonds. The highest BCUT2D eigenvalue weighted by molar-refractivity contribution is 5.97. The summed E-state index contributed by atoms with van der Waals surface area (Å²) in [5.74, 6) is -0.459. The molecule has 1 aromatic rings. The number of aldehydes is 1. The second-order valence-corrected chi connectivity index (χ2v) is 3.98. The van der Waals surface area contributed by atoms with Gasteiger partial charge in [-0.3, -0.25) is 4.79 Å². The normalized spacial score (nSPS) is 10.2. The summed E-state index contributed by atoms with van der Waals surface area (Å²) in [6, 6.07) is 1.63. The van der Waals surface area contributed by atoms with Crippen LogP contribution in [0.2, 0.25) is 0 Å². The molecule has 0 unspecified atom stereocenters. The van der Waals surface area contributed by atoms with Crippen LogP contribution < -0.4 is 0 Å². The molecule has 0 N–H and O–H groups in total. The Kier molecular flexibility index (Phi) is 5.46. The number of aromatic nitrogens is 1. The molecule has 1 heterocycles. The highest BCUT2D eigenvalue weighted by Gasteiger charge is 2.15. The van der Waals surface area contributed by atoms with E-state index in [1.54, 1.807) is 12.3 Å². The predicted molar refractivity (Wildman–Crippen MR) is 65.3 cm³/mol. The summed E-state index contributed by atoms with van der Waals surface area (Å²) in [6.07, 6.45) is 7.01. The van der Waals surface area contributed by atoms with Crippen molar-refractivity contribution in [1.29, 1.82) is 0 Å². The number of esters is 1. The molecule has 0 saturated carbocycles. The molecule has 1 rings (SSSR count). The summed E-state index contributed by atoms with van der Waals surface area (Å²) in [5, 5.41) is 0. The van der Waals surface area contributed by atoms with Crippen LogP contribution in [0.3, 0.4) is 0 Å². The van der Waals surface area contributed by atoms with Crippen molar-refractivity contribution in [1.82, 2.24) is 4.57 Å². The smallest absolute Gasteiger partial charge is 0.340 e. The van der Waals surface area contributed by atoms with Gasteiger partial charge in [-0.2, -0.15) is 0 Å². The van der Waals surface area contributed by atoms with Crippen molar-refractivity contribution in [3.8, 4) is 0 Å². The summed E-state index contributed by atoms with van der Waals surface area (Å²) in [7, 11) is 1.31. The summed E-state index contributed by atoms with van der Waals surface area (Å²) >= 11 is 0. The van der Waals surface area contributed by atoms with Gasteiger partial charge in [0.25, 0.3) is 0 Å². The van der Waals surface area contributed by atoms with Crippen LogP contribution in [0.4, 0.5) is 0 Å². The van der Waals surface area contributed by atoms with E-state index in [1.165, 1.54) is 20.0 Å². The Morgan fingerprint density at radius 3 is 2.76 bits per heavy atom. The fourth-order valence-electron chi connectivity index (χ4n) is 1.80. The van der Waals surface area contributed by atoms with E-state index in [9.17, 15) is 9.59 Å². The third-order valence-electron chi connectivity index (χ3n) is 2.78. The molecular formula is C13H19NO3. The number of nitrogens with zero attached hydrogens (tertiary/aromatic N) is 1. The molecule has 0 radical (unpaired) electrons. The number of aryl methyl sites for hydroxylation is 1. The molecule has 0 saturated heterocycles. The lowest BCUT2D eigenvalue weighted by atomic mass is 10.2. The minimum absolute atomic E-state index is 0.345. The van der Waals surface area contributed by atoms with Crippen molar-refractivity contribution in [3.05, 3.63) is 23.5 Å². The zero-order valence-electron chi connectivity index (χ0n) is 10.4. The van der Waals surface area contributed by atoms with Gasteiger partial charge >= 0.3 is 5.97 Å². The number of hydrogen-bond donors (Lipinski definition) is 0. The SMILES string of the molecule is CCCCCCn1ccc(C(=O)OC)c1C=O. The van der Waals surface area contributed by atoms with Gasteiger partial charge in [-0.05, 0) is 12.5 Å². The predicted octanol–water partition coefficient (Wildman–Crippen LogP) is 2.67. The van der Waals surface area contributed by atoms with E-state index in [1.807, 2.05) is 4.57 Å². The van der Waals surface area contributed by atoms with E-state index in [0.29, 0.717) is 17.5 Å². The molecule has 17 heavy (non-hydrogen) atoms. The molecule has 0 fully saturated rings. The number of hydrogen-bond acceptors (Lipinski definition) is 3. The topological polar surface area (TPSA) is 48.3 Å². The zero-order valence-corrected chi connectivity index (χ0v) is 10.4. The lowest BCUT2D eigenvalue weighted by Crippen LogP contribution is -2.08. The molecule has 0 aromatic carbocycles. The van der Waals surface area contributed by atoms with Gasteiger partial charge in [0.2, 0.25) is 0 Å². The molecule has 4 nitrogen and oxygen atoms in total. The van der Waals surface area contributed by atoms with Gasteiger partial charge in [-0.1, -0.05) is 26.2 Å². The van der Waals surface area contributed by atoms with Crippen LogP contribution >= 0.6 is 0 Å². The average molecular weight is 237 g/mol. The molecule has 4 heteroatoms. The van der Waals surface area contributed by atoms with Crippen LogP contribution in [0, 0.1) is 0 Å². The van der Waals surface area contributed by atoms with Gasteiger partial charge in [0.05, 0.1) is 18.4 Å². The number of ether oxygens (including phenoxy) is 1. The van der Waals surface area contributed by atoms with Crippen molar-refractivity contribution >= 4 is 12.3 Å². The Hall–Kier alpha value is -1.58. The maximum atomic E-state index is 11.4. The number of methoxy groups -OCH3 is 1. The van der Waals surface area contributed by atoms with Crippen molar-refractivity contribution in [2.24, 2.45) is 0 Å². The van der Waals surface area contributed by atoms with Crippen molar-refractivity contribution in [3.63, 3.8) is 0 Å². The average Bonchev–Trinajstić information content (AvgIpc) is 2.76. The fraction of sp³-hybridized carbons (Fsp3) is 0.538. The molecule has 0 aliphatic carbocycles. The second-order valence-electron chi connectivity index (χ2n) is 3.98. The van der Waals surface area contributed by atoms with Crippen LogP contribution in [0.1, 0.15) is 53.5 Å². The molecule has 0 spiro atoms. The zero-order chi connectivity index (χ0) is 12.7. The van der Waals surface area contributed by atoms with Gasteiger partial charge in [0.1, 0.15) is 0 Å². The largest absolute Gasteiger partial charge is 0.465 e. The minimum atomic E-state index is -0.459. The maximum Gasteiger partial charge on any atom is 0.340 e. The monoisotopic (exact) mass is 237 g/mol. The Labute approximate surface area is 102 Å². The molecule has 0 atom stereocenters. The number of carbonyl (C=O) groups is 2. The van der Waals surface area contributed by atoms with E-state index < -0.39 is 5.97 Å². The van der Waals surface area contributed by atoms with Gasteiger partial charge in [0, 0.05) is 12.7 Å². The van der Waals surface area contributed by atoms with Gasteiger partial charge in [-0.15, -0.1) is 0 Å². The molecule has 0 aliphatic heterocycles. The third-order valence-corrected chi connectivity index (χ3v) is 2.78. The lowest BCUT2D eigenvalue weighted by molar-refractivity contribution is 0.0598. The Morgan fingerprint density at radius 1 is 1.41 bits per heavy atom. The summed E-state index contributed by atoms with van der Waals surface area (Å²) in [4.78, 5) is 22.4. The molecule has 94 valence electrons. The van der Waals surface area contributed by atoms with Crippen molar-refractivity contribution in [2.75, 3.05) is 7.11 Å². The number of unbranched alkanes of at least 4 members (excludes halogenated alkanes) is 3. The highest BCUT2D eigenvalue weighted by Crippen LogP contribution is 2.12. The molecule has 1 aromatic heterocycles. The first-order valence-electron chi connectivity index (χ1n) is 5.97. The summed E-state index contributed by atoms with van der Waals surface area (Å²) < 4.78 is 6.44. The third kappa shape index (κ3) is 3.44. The van der Waals surface area contributed by atoms with Crippen LogP contribution in [0.25, 0.3) is 0 Å². The van der Waals surface area contributed by atoms with E-state index in [4.69, 9.17) is 0 Å². The van der Waals surface area contributed by atoms with E-state index in [-0.39, 0.29) is 0 Å². The lowest BCUT2D eigenvalue weighted by Gasteiger charge is -2.05. The first kappa shape index (κ1) is 13.5. The Bertz CT molecular complexity index is 382. The Morgan fingerprint density at radius 2 is 2.18 bits per heavy atom. The first-order valence-corrected chi connectivity index (χ1v) is 5.97. The van der Waals surface area contributed by atoms with Crippen molar-refractivity contribution < 1.29 is 14.3 Å². The number of carbonyl (C=O) groups excluding carboxylic acids is 2. The molecular weight excluding hydrogens is 218 g/mol. The quantitative estimate of drug-likeness (QED) is 0.416. The summed E-state index contributed by atoms with van der Waals surface area (Å²) in [5.41, 5.74) is 0.756. The standard InChI is InChI=1S/C13H19NO3/c1-3-4-5-6-8-14-9-7-11(12(14)10-15)13(16)17-2/h7,9-10H,3-6,8H2,1-2H3. The first-order chi connectivity index (χ1) is 8.24. The Balaban J connectivity index is 2.69. The van der Waals surface area contributed by atoms with Crippen LogP contribution in [-0.4, -0.2) is 23.9 Å². The summed E-state index contributed by atoms with van der Waals surface area (Å²) in [6.45, 7) is 2.92. The van der Waals surface area contributed by atoms with Gasteiger partial charge < -0.3 is 9.30 Å². The van der Waals surface area contributed by atoms with Crippen LogP contribution in [0.5, 0.6) is 0 Å². The maximum absolute atomic E-state index is 11.4. The second kappa shape index (κ2) is 6.89. The highest BCUT2D eigenvalue weighted by atomic mass is 16.5. The number of rotatable bonds is 7. The molecule has 0 bridgehead atoms.